The molecule has 0 bridgehead atoms. The SMILES string of the molecule is CCOC(=O)c1ccc(N2C(=O)C(CC(=O)Nc3ccc(OCC)cc3)N(Cc3cccnc3)C2=S)cc1. The van der Waals surface area contributed by atoms with Crippen molar-refractivity contribution in [2.75, 3.05) is 23.4 Å². The second-order valence-corrected chi connectivity index (χ2v) is 8.80. The number of amides is 2. The fraction of sp³-hybridized carbons (Fsp3) is 0.250. The highest BCUT2D eigenvalue weighted by atomic mass is 32.1. The number of nitrogens with one attached hydrogen (secondary N) is 1. The number of pyridine rings is 1. The van der Waals surface area contributed by atoms with E-state index in [1.165, 1.54) is 4.90 Å². The zero-order valence-electron chi connectivity index (χ0n) is 21.1. The maximum atomic E-state index is 13.6. The first-order valence-electron chi connectivity index (χ1n) is 12.2. The van der Waals surface area contributed by atoms with Crippen LogP contribution < -0.4 is 15.0 Å². The molecule has 1 atom stereocenters. The first-order valence-corrected chi connectivity index (χ1v) is 12.7. The number of anilines is 2. The topological polar surface area (TPSA) is 101 Å². The number of hydrogen-bond donors (Lipinski definition) is 1. The van der Waals surface area contributed by atoms with E-state index in [1.807, 2.05) is 13.0 Å². The highest BCUT2D eigenvalue weighted by Gasteiger charge is 2.44. The molecule has 196 valence electrons. The van der Waals surface area contributed by atoms with Crippen molar-refractivity contribution in [3.63, 3.8) is 0 Å². The minimum Gasteiger partial charge on any atom is -0.494 e. The average molecular weight is 533 g/mol. The normalized spacial score (nSPS) is 14.9. The maximum Gasteiger partial charge on any atom is 0.338 e. The van der Waals surface area contributed by atoms with E-state index in [2.05, 4.69) is 10.3 Å². The quantitative estimate of drug-likeness (QED) is 0.307. The van der Waals surface area contributed by atoms with Crippen LogP contribution in [0.1, 0.15) is 36.2 Å². The molecule has 2 aromatic carbocycles. The van der Waals surface area contributed by atoms with E-state index >= 15 is 0 Å². The van der Waals surface area contributed by atoms with Gasteiger partial charge in [0, 0.05) is 24.6 Å². The largest absolute Gasteiger partial charge is 0.494 e. The molecule has 0 aliphatic carbocycles. The van der Waals surface area contributed by atoms with Gasteiger partial charge in [0.05, 0.1) is 30.9 Å². The Morgan fingerprint density at radius 1 is 1.03 bits per heavy atom. The summed E-state index contributed by atoms with van der Waals surface area (Å²) in [5.74, 6) is -0.402. The molecule has 2 amide bonds. The zero-order valence-corrected chi connectivity index (χ0v) is 21.9. The van der Waals surface area contributed by atoms with Crippen molar-refractivity contribution in [3.8, 4) is 5.75 Å². The van der Waals surface area contributed by atoms with Crippen LogP contribution in [0.15, 0.2) is 73.1 Å². The molecule has 1 aromatic heterocycles. The molecular formula is C28H28N4O5S. The third kappa shape index (κ3) is 6.15. The van der Waals surface area contributed by atoms with Gasteiger partial charge in [-0.2, -0.15) is 0 Å². The van der Waals surface area contributed by atoms with Crippen molar-refractivity contribution < 1.29 is 23.9 Å². The summed E-state index contributed by atoms with van der Waals surface area (Å²) in [5.41, 5.74) is 2.31. The number of carbonyl (C=O) groups is 3. The summed E-state index contributed by atoms with van der Waals surface area (Å²) in [6, 6.07) is 16.3. The lowest BCUT2D eigenvalue weighted by Crippen LogP contribution is -2.37. The summed E-state index contributed by atoms with van der Waals surface area (Å²) in [5, 5.41) is 3.11. The third-order valence-electron chi connectivity index (χ3n) is 5.86. The highest BCUT2D eigenvalue weighted by Crippen LogP contribution is 2.29. The van der Waals surface area contributed by atoms with Gasteiger partial charge in [0.2, 0.25) is 5.91 Å². The molecule has 1 saturated heterocycles. The van der Waals surface area contributed by atoms with E-state index in [4.69, 9.17) is 21.7 Å². The molecule has 0 saturated carbocycles. The molecule has 2 heterocycles. The van der Waals surface area contributed by atoms with Gasteiger partial charge in [0.25, 0.3) is 5.91 Å². The summed E-state index contributed by atoms with van der Waals surface area (Å²) in [6.07, 6.45) is 3.25. The fourth-order valence-electron chi connectivity index (χ4n) is 4.09. The first kappa shape index (κ1) is 26.7. The van der Waals surface area contributed by atoms with Gasteiger partial charge in [0.15, 0.2) is 5.11 Å². The second-order valence-electron chi connectivity index (χ2n) is 8.44. The number of hydrogen-bond acceptors (Lipinski definition) is 7. The molecule has 0 radical (unpaired) electrons. The van der Waals surface area contributed by atoms with Gasteiger partial charge in [-0.05, 0) is 86.2 Å². The van der Waals surface area contributed by atoms with Crippen molar-refractivity contribution in [2.24, 2.45) is 0 Å². The summed E-state index contributed by atoms with van der Waals surface area (Å²) in [4.78, 5) is 46.0. The first-order chi connectivity index (χ1) is 18.4. The highest BCUT2D eigenvalue weighted by molar-refractivity contribution is 7.80. The predicted octanol–water partition coefficient (Wildman–Crippen LogP) is 4.19. The van der Waals surface area contributed by atoms with Gasteiger partial charge in [-0.25, -0.2) is 4.79 Å². The van der Waals surface area contributed by atoms with Gasteiger partial charge in [-0.15, -0.1) is 0 Å². The molecule has 4 rings (SSSR count). The van der Waals surface area contributed by atoms with Gasteiger partial charge >= 0.3 is 5.97 Å². The lowest BCUT2D eigenvalue weighted by Gasteiger charge is -2.24. The number of thiocarbonyl (C=S) groups is 1. The Kier molecular flexibility index (Phi) is 8.65. The molecule has 1 unspecified atom stereocenters. The molecule has 1 aliphatic rings. The van der Waals surface area contributed by atoms with Crippen LogP contribution in [-0.4, -0.2) is 52.0 Å². The maximum absolute atomic E-state index is 13.6. The molecule has 3 aromatic rings. The van der Waals surface area contributed by atoms with Crippen molar-refractivity contribution in [1.29, 1.82) is 0 Å². The lowest BCUT2D eigenvalue weighted by molar-refractivity contribution is -0.124. The van der Waals surface area contributed by atoms with Crippen molar-refractivity contribution >= 4 is 46.5 Å². The number of carbonyl (C=O) groups excluding carboxylic acids is 3. The monoisotopic (exact) mass is 532 g/mol. The molecule has 0 spiro atoms. The lowest BCUT2D eigenvalue weighted by atomic mass is 10.1. The Hall–Kier alpha value is -4.31. The van der Waals surface area contributed by atoms with E-state index < -0.39 is 12.0 Å². The van der Waals surface area contributed by atoms with E-state index in [-0.39, 0.29) is 30.0 Å². The Morgan fingerprint density at radius 3 is 2.39 bits per heavy atom. The number of ether oxygens (including phenoxy) is 2. The van der Waals surface area contributed by atoms with Gasteiger partial charge in [-0.1, -0.05) is 6.07 Å². The standard InChI is InChI=1S/C28H28N4O5S/c1-3-36-23-13-9-21(10-14-23)30-25(33)16-24-26(34)32(22-11-7-20(8-12-22)27(35)37-4-2)28(38)31(24)18-19-6-5-15-29-17-19/h5-15,17,24H,3-4,16,18H2,1-2H3,(H,30,33). The average Bonchev–Trinajstić information content (AvgIpc) is 3.14. The molecule has 10 heteroatoms. The summed E-state index contributed by atoms with van der Waals surface area (Å²) < 4.78 is 10.5. The second kappa shape index (κ2) is 12.3. The minimum absolute atomic E-state index is 0.107. The number of nitrogens with zero attached hydrogens (tertiary/aromatic N) is 3. The van der Waals surface area contributed by atoms with Crippen LogP contribution in [0.3, 0.4) is 0 Å². The number of benzene rings is 2. The molecule has 38 heavy (non-hydrogen) atoms. The molecule has 1 fully saturated rings. The van der Waals surface area contributed by atoms with Gasteiger partial charge < -0.3 is 19.7 Å². The van der Waals surface area contributed by atoms with E-state index in [0.29, 0.717) is 35.8 Å². The van der Waals surface area contributed by atoms with Crippen LogP contribution in [-0.2, 0) is 20.9 Å². The smallest absolute Gasteiger partial charge is 0.338 e. The van der Waals surface area contributed by atoms with E-state index in [9.17, 15) is 14.4 Å². The fourth-order valence-corrected chi connectivity index (χ4v) is 4.48. The number of esters is 1. The molecule has 9 nitrogen and oxygen atoms in total. The zero-order chi connectivity index (χ0) is 27.1. The Bertz CT molecular complexity index is 1300. The predicted molar refractivity (Wildman–Crippen MR) is 147 cm³/mol. The van der Waals surface area contributed by atoms with Crippen LogP contribution in [0.2, 0.25) is 0 Å². The molecule has 1 N–H and O–H groups in total. The van der Waals surface area contributed by atoms with Gasteiger partial charge in [0.1, 0.15) is 11.8 Å². The van der Waals surface area contributed by atoms with Gasteiger partial charge in [-0.3, -0.25) is 19.5 Å². The number of aromatic nitrogens is 1. The summed E-state index contributed by atoms with van der Waals surface area (Å²) in [6.45, 7) is 4.74. The number of rotatable bonds is 10. The van der Waals surface area contributed by atoms with E-state index in [1.54, 1.807) is 78.8 Å². The third-order valence-corrected chi connectivity index (χ3v) is 6.28. The van der Waals surface area contributed by atoms with Crippen LogP contribution in [0.25, 0.3) is 0 Å². The Labute approximate surface area is 226 Å². The van der Waals surface area contributed by atoms with Crippen molar-refractivity contribution in [1.82, 2.24) is 9.88 Å². The Balaban J connectivity index is 1.55. The van der Waals surface area contributed by atoms with Crippen molar-refractivity contribution in [3.05, 3.63) is 84.2 Å². The van der Waals surface area contributed by atoms with E-state index in [0.717, 1.165) is 5.56 Å². The Morgan fingerprint density at radius 2 is 1.76 bits per heavy atom. The summed E-state index contributed by atoms with van der Waals surface area (Å²) in [7, 11) is 0. The van der Waals surface area contributed by atoms with Crippen LogP contribution in [0.4, 0.5) is 11.4 Å². The van der Waals surface area contributed by atoms with Crippen molar-refractivity contribution in [2.45, 2.75) is 32.9 Å². The molecular weight excluding hydrogens is 504 g/mol. The molecule has 1 aliphatic heterocycles. The van der Waals surface area contributed by atoms with Crippen LogP contribution in [0.5, 0.6) is 5.75 Å². The van der Waals surface area contributed by atoms with Crippen LogP contribution >= 0.6 is 12.2 Å². The summed E-state index contributed by atoms with van der Waals surface area (Å²) >= 11 is 5.72. The minimum atomic E-state index is -0.824. The van der Waals surface area contributed by atoms with Crippen LogP contribution in [0, 0.1) is 0 Å².